The molecule has 1 aromatic heterocycles. The monoisotopic (exact) mass is 494 g/mol. The molecule has 3 rings (SSSR count). The van der Waals surface area contributed by atoms with Gasteiger partial charge in [-0.15, -0.1) is 11.3 Å². The Labute approximate surface area is 194 Å². The predicted molar refractivity (Wildman–Crippen MR) is 119 cm³/mol. The number of carbonyl (C=O) groups is 4. The van der Waals surface area contributed by atoms with Crippen molar-refractivity contribution >= 4 is 50.9 Å². The van der Waals surface area contributed by atoms with Crippen molar-refractivity contribution in [3.63, 3.8) is 0 Å². The topological polar surface area (TPSA) is 151 Å². The summed E-state index contributed by atoms with van der Waals surface area (Å²) in [5.74, 6) is -1.87. The second kappa shape index (κ2) is 10.0. The molecule has 0 radical (unpaired) electrons. The summed E-state index contributed by atoms with van der Waals surface area (Å²) in [4.78, 5) is 50.6. The van der Waals surface area contributed by atoms with Gasteiger partial charge in [-0.3, -0.25) is 9.59 Å². The maximum absolute atomic E-state index is 12.8. The third-order valence-electron chi connectivity index (χ3n) is 4.83. The van der Waals surface area contributed by atoms with Crippen LogP contribution in [0.1, 0.15) is 21.7 Å². The summed E-state index contributed by atoms with van der Waals surface area (Å²) in [6.45, 7) is 1.90. The number of hydrogen-bond acceptors (Lipinski definition) is 8. The highest BCUT2D eigenvalue weighted by atomic mass is 32.2. The molecule has 0 aliphatic carbocycles. The molecule has 3 N–H and O–H groups in total. The van der Waals surface area contributed by atoms with Crippen LogP contribution in [0, 0.1) is 6.92 Å². The Hall–Kier alpha value is -3.45. The maximum atomic E-state index is 12.8. The number of piperazine rings is 1. The van der Waals surface area contributed by atoms with Crippen molar-refractivity contribution < 1.29 is 32.3 Å². The van der Waals surface area contributed by atoms with Crippen molar-refractivity contribution in [2.75, 3.05) is 25.5 Å². The summed E-state index contributed by atoms with van der Waals surface area (Å²) < 4.78 is 31.7. The number of rotatable bonds is 6. The van der Waals surface area contributed by atoms with Crippen LogP contribution >= 0.6 is 11.3 Å². The molecule has 0 saturated carbocycles. The highest BCUT2D eigenvalue weighted by Gasteiger charge is 2.36. The lowest BCUT2D eigenvalue weighted by molar-refractivity contribution is -0.130. The average Bonchev–Trinajstić information content (AvgIpc) is 3.22. The second-order valence-electron chi connectivity index (χ2n) is 7.13. The molecule has 0 spiro atoms. The first-order valence-electron chi connectivity index (χ1n) is 9.76. The van der Waals surface area contributed by atoms with Gasteiger partial charge in [0.15, 0.2) is 0 Å². The standard InChI is InChI=1S/C20H22N4O7S2/c1-12-3-5-13(6-4-12)33(29,30)23-20(28)24-9-8-21-18(26)15(24)11-16(25)22-14-7-10-32-17(14)19(27)31-2/h3-7,10,15H,8-9,11H2,1-2H3,(H,21,26)(H,22,25)(H,23,28)/t15-/m1/s1. The van der Waals surface area contributed by atoms with Gasteiger partial charge in [0.2, 0.25) is 11.8 Å². The molecule has 1 aliphatic heterocycles. The molecule has 13 heteroatoms. The van der Waals surface area contributed by atoms with Crippen LogP contribution in [0.4, 0.5) is 10.5 Å². The van der Waals surface area contributed by atoms with E-state index in [-0.39, 0.29) is 28.5 Å². The van der Waals surface area contributed by atoms with E-state index in [0.29, 0.717) is 0 Å². The van der Waals surface area contributed by atoms with Crippen LogP contribution < -0.4 is 15.4 Å². The lowest BCUT2D eigenvalue weighted by Crippen LogP contribution is -2.60. The number of aryl methyl sites for hydroxylation is 1. The zero-order valence-electron chi connectivity index (χ0n) is 17.8. The number of urea groups is 1. The molecular formula is C20H22N4O7S2. The van der Waals surface area contributed by atoms with Crippen LogP contribution in [0.3, 0.4) is 0 Å². The van der Waals surface area contributed by atoms with Gasteiger partial charge >= 0.3 is 12.0 Å². The van der Waals surface area contributed by atoms with Gasteiger partial charge < -0.3 is 20.3 Å². The lowest BCUT2D eigenvalue weighted by Gasteiger charge is -2.34. The van der Waals surface area contributed by atoms with Crippen LogP contribution in [0.5, 0.6) is 0 Å². The molecule has 33 heavy (non-hydrogen) atoms. The predicted octanol–water partition coefficient (Wildman–Crippen LogP) is 1.07. The maximum Gasteiger partial charge on any atom is 0.350 e. The van der Waals surface area contributed by atoms with E-state index in [4.69, 9.17) is 0 Å². The van der Waals surface area contributed by atoms with Gasteiger partial charge in [0.05, 0.1) is 24.1 Å². The Morgan fingerprint density at radius 3 is 2.58 bits per heavy atom. The van der Waals surface area contributed by atoms with Crippen molar-refractivity contribution in [3.8, 4) is 0 Å². The molecule has 0 bridgehead atoms. The summed E-state index contributed by atoms with van der Waals surface area (Å²) in [7, 11) is -2.97. The Morgan fingerprint density at radius 2 is 1.91 bits per heavy atom. The largest absolute Gasteiger partial charge is 0.465 e. The molecule has 1 saturated heterocycles. The van der Waals surface area contributed by atoms with Gasteiger partial charge in [0.25, 0.3) is 10.0 Å². The van der Waals surface area contributed by atoms with E-state index in [0.717, 1.165) is 21.8 Å². The van der Waals surface area contributed by atoms with E-state index in [9.17, 15) is 27.6 Å². The first-order chi connectivity index (χ1) is 15.6. The number of amides is 4. The lowest BCUT2D eigenvalue weighted by atomic mass is 10.1. The van der Waals surface area contributed by atoms with E-state index in [1.54, 1.807) is 24.4 Å². The third kappa shape index (κ3) is 5.68. The van der Waals surface area contributed by atoms with Gasteiger partial charge in [-0.1, -0.05) is 17.7 Å². The van der Waals surface area contributed by atoms with E-state index < -0.39 is 46.3 Å². The molecular weight excluding hydrogens is 472 g/mol. The molecule has 1 fully saturated rings. The van der Waals surface area contributed by atoms with Crippen LogP contribution in [0.15, 0.2) is 40.6 Å². The quantitative estimate of drug-likeness (QED) is 0.508. The number of carbonyl (C=O) groups excluding carboxylic acids is 4. The number of nitrogens with one attached hydrogen (secondary N) is 3. The minimum Gasteiger partial charge on any atom is -0.465 e. The van der Waals surface area contributed by atoms with Crippen molar-refractivity contribution in [2.45, 2.75) is 24.3 Å². The number of nitrogens with zero attached hydrogens (tertiary/aromatic N) is 1. The first kappa shape index (κ1) is 24.2. The van der Waals surface area contributed by atoms with E-state index in [1.807, 2.05) is 4.72 Å². The number of anilines is 1. The van der Waals surface area contributed by atoms with Crippen molar-refractivity contribution in [2.24, 2.45) is 0 Å². The molecule has 11 nitrogen and oxygen atoms in total. The van der Waals surface area contributed by atoms with Gasteiger partial charge in [-0.25, -0.2) is 22.7 Å². The van der Waals surface area contributed by atoms with Gasteiger partial charge in [-0.05, 0) is 30.5 Å². The molecule has 1 aromatic carbocycles. The minimum atomic E-state index is -4.18. The van der Waals surface area contributed by atoms with Crippen LogP contribution in [-0.4, -0.2) is 63.4 Å². The summed E-state index contributed by atoms with van der Waals surface area (Å²) in [6.07, 6.45) is -0.444. The molecule has 1 aliphatic rings. The average molecular weight is 495 g/mol. The summed E-state index contributed by atoms with van der Waals surface area (Å²) in [5, 5.41) is 6.67. The Kier molecular flexibility index (Phi) is 7.33. The van der Waals surface area contributed by atoms with Crippen molar-refractivity contribution in [3.05, 3.63) is 46.2 Å². The van der Waals surface area contributed by atoms with Crippen molar-refractivity contribution in [1.29, 1.82) is 0 Å². The summed E-state index contributed by atoms with van der Waals surface area (Å²) in [5.41, 5.74) is 1.06. The zero-order valence-corrected chi connectivity index (χ0v) is 19.4. The zero-order chi connectivity index (χ0) is 24.2. The summed E-state index contributed by atoms with van der Waals surface area (Å²) >= 11 is 1.07. The molecule has 2 aromatic rings. The fourth-order valence-corrected chi connectivity index (χ4v) is 4.87. The van der Waals surface area contributed by atoms with Crippen LogP contribution in [0.25, 0.3) is 0 Å². The fourth-order valence-electron chi connectivity index (χ4n) is 3.15. The normalized spacial score (nSPS) is 16.0. The van der Waals surface area contributed by atoms with Crippen LogP contribution in [-0.2, 0) is 24.3 Å². The third-order valence-corrected chi connectivity index (χ3v) is 7.06. The highest BCUT2D eigenvalue weighted by Crippen LogP contribution is 2.24. The Morgan fingerprint density at radius 1 is 1.21 bits per heavy atom. The molecule has 176 valence electrons. The molecule has 2 heterocycles. The Balaban J connectivity index is 1.72. The second-order valence-corrected chi connectivity index (χ2v) is 9.73. The number of thiophene rings is 1. The summed E-state index contributed by atoms with van der Waals surface area (Å²) in [6, 6.07) is 5.15. The van der Waals surface area contributed by atoms with Crippen LogP contribution in [0.2, 0.25) is 0 Å². The number of ether oxygens (including phenoxy) is 1. The van der Waals surface area contributed by atoms with Gasteiger partial charge in [0.1, 0.15) is 10.9 Å². The van der Waals surface area contributed by atoms with Gasteiger partial charge in [0, 0.05) is 13.1 Å². The van der Waals surface area contributed by atoms with Gasteiger partial charge in [-0.2, -0.15) is 0 Å². The fraction of sp³-hybridized carbons (Fsp3) is 0.300. The molecule has 0 unspecified atom stereocenters. The van der Waals surface area contributed by atoms with E-state index in [2.05, 4.69) is 15.4 Å². The molecule has 4 amide bonds. The minimum absolute atomic E-state index is 0.00476. The SMILES string of the molecule is COC(=O)c1sccc1NC(=O)C[C@@H]1C(=O)NCCN1C(=O)NS(=O)(=O)c1ccc(C)cc1. The van der Waals surface area contributed by atoms with Crippen molar-refractivity contribution in [1.82, 2.24) is 14.9 Å². The number of methoxy groups -OCH3 is 1. The first-order valence-corrected chi connectivity index (χ1v) is 12.1. The number of esters is 1. The number of benzene rings is 1. The highest BCUT2D eigenvalue weighted by molar-refractivity contribution is 7.90. The smallest absolute Gasteiger partial charge is 0.350 e. The van der Waals surface area contributed by atoms with E-state index in [1.165, 1.54) is 25.3 Å². The number of hydrogen-bond donors (Lipinski definition) is 3. The van der Waals surface area contributed by atoms with E-state index >= 15 is 0 Å². The number of sulfonamides is 1. The molecule has 1 atom stereocenters. The Bertz CT molecular complexity index is 1180.